The summed E-state index contributed by atoms with van der Waals surface area (Å²) in [5.41, 5.74) is 0. The van der Waals surface area contributed by atoms with Gasteiger partial charge in [-0.2, -0.15) is 0 Å². The molecule has 0 radical (unpaired) electrons. The molecule has 2 atom stereocenters. The Balaban J connectivity index is 1.61. The van der Waals surface area contributed by atoms with Gasteiger partial charge in [-0.25, -0.2) is 0 Å². The highest BCUT2D eigenvalue weighted by Crippen LogP contribution is 2.28. The van der Waals surface area contributed by atoms with Gasteiger partial charge >= 0.3 is 0 Å². The average molecular weight is 260 g/mol. The number of amides is 1. The van der Waals surface area contributed by atoms with Gasteiger partial charge in [0, 0.05) is 18.6 Å². The summed E-state index contributed by atoms with van der Waals surface area (Å²) in [6.45, 7) is 2.09. The van der Waals surface area contributed by atoms with Crippen LogP contribution in [0.1, 0.15) is 19.3 Å². The molecule has 0 saturated carbocycles. The van der Waals surface area contributed by atoms with Crippen molar-refractivity contribution < 1.29 is 9.53 Å². The summed E-state index contributed by atoms with van der Waals surface area (Å²) < 4.78 is 5.57. The highest BCUT2D eigenvalue weighted by Gasteiger charge is 2.37. The summed E-state index contributed by atoms with van der Waals surface area (Å²) in [5.74, 6) is 0.885. The molecule has 0 aromatic heterocycles. The zero-order valence-electron chi connectivity index (χ0n) is 11.0. The topological polar surface area (TPSA) is 41.6 Å². The number of nitrogens with one attached hydrogen (secondary N) is 1. The predicted molar refractivity (Wildman–Crippen MR) is 73.1 cm³/mol. The molecule has 2 aliphatic rings. The van der Waals surface area contributed by atoms with Gasteiger partial charge < -0.3 is 15.0 Å². The van der Waals surface area contributed by atoms with Gasteiger partial charge in [0.25, 0.3) is 5.91 Å². The van der Waals surface area contributed by atoms with Gasteiger partial charge in [0.1, 0.15) is 5.75 Å². The first-order valence-electron chi connectivity index (χ1n) is 7.04. The molecule has 2 heterocycles. The summed E-state index contributed by atoms with van der Waals surface area (Å²) in [5, 5.41) is 3.40. The van der Waals surface area contributed by atoms with Crippen LogP contribution in [0.25, 0.3) is 0 Å². The van der Waals surface area contributed by atoms with E-state index >= 15 is 0 Å². The van der Waals surface area contributed by atoms with Gasteiger partial charge in [0.2, 0.25) is 0 Å². The third-order valence-electron chi connectivity index (χ3n) is 4.05. The average Bonchev–Trinajstić information content (AvgIpc) is 2.71. The Hall–Kier alpha value is -1.55. The first-order valence-corrected chi connectivity index (χ1v) is 7.04. The maximum atomic E-state index is 12.4. The molecule has 1 amide bonds. The van der Waals surface area contributed by atoms with Crippen molar-refractivity contribution in [3.63, 3.8) is 0 Å². The number of fused-ring (bicyclic) bond motifs is 2. The Labute approximate surface area is 113 Å². The lowest BCUT2D eigenvalue weighted by atomic mass is 10.1. The van der Waals surface area contributed by atoms with Crippen molar-refractivity contribution in [3.05, 3.63) is 30.3 Å². The molecule has 2 bridgehead atoms. The van der Waals surface area contributed by atoms with E-state index in [1.807, 2.05) is 30.3 Å². The van der Waals surface area contributed by atoms with Crippen LogP contribution >= 0.6 is 0 Å². The molecule has 102 valence electrons. The number of hydrogen-bond acceptors (Lipinski definition) is 3. The summed E-state index contributed by atoms with van der Waals surface area (Å²) in [6, 6.07) is 10.3. The molecular formula is C15H20N2O2. The first-order chi connectivity index (χ1) is 9.34. The maximum absolute atomic E-state index is 12.4. The zero-order valence-corrected chi connectivity index (χ0v) is 11.0. The van der Waals surface area contributed by atoms with Gasteiger partial charge in [-0.1, -0.05) is 18.2 Å². The second-order valence-electron chi connectivity index (χ2n) is 5.28. The molecule has 0 aliphatic carbocycles. The van der Waals surface area contributed by atoms with Crippen LogP contribution in [0.4, 0.5) is 0 Å². The van der Waals surface area contributed by atoms with Crippen molar-refractivity contribution >= 4 is 5.91 Å². The summed E-state index contributed by atoms with van der Waals surface area (Å²) in [4.78, 5) is 14.4. The van der Waals surface area contributed by atoms with Crippen molar-refractivity contribution in [1.82, 2.24) is 10.2 Å². The summed E-state index contributed by atoms with van der Waals surface area (Å²) in [7, 11) is 0. The van der Waals surface area contributed by atoms with E-state index in [2.05, 4.69) is 10.2 Å². The molecule has 1 aromatic rings. The largest absolute Gasteiger partial charge is 0.484 e. The molecule has 19 heavy (non-hydrogen) atoms. The highest BCUT2D eigenvalue weighted by molar-refractivity contribution is 5.79. The van der Waals surface area contributed by atoms with Crippen molar-refractivity contribution in [1.29, 1.82) is 0 Å². The first kappa shape index (κ1) is 12.5. The van der Waals surface area contributed by atoms with E-state index in [1.54, 1.807) is 0 Å². The van der Waals surface area contributed by atoms with E-state index in [4.69, 9.17) is 4.74 Å². The number of benzene rings is 1. The highest BCUT2D eigenvalue weighted by atomic mass is 16.5. The predicted octanol–water partition coefficient (Wildman–Crippen LogP) is 1.42. The molecule has 2 fully saturated rings. The molecule has 4 heteroatoms. The fraction of sp³-hybridized carbons (Fsp3) is 0.533. The van der Waals surface area contributed by atoms with Crippen molar-refractivity contribution in [2.75, 3.05) is 19.7 Å². The Morgan fingerprint density at radius 1 is 1.21 bits per heavy atom. The van der Waals surface area contributed by atoms with Gasteiger partial charge in [-0.3, -0.25) is 4.79 Å². The van der Waals surface area contributed by atoms with E-state index in [1.165, 1.54) is 0 Å². The van der Waals surface area contributed by atoms with Crippen molar-refractivity contribution in [3.8, 4) is 5.75 Å². The van der Waals surface area contributed by atoms with Crippen molar-refractivity contribution in [2.24, 2.45) is 0 Å². The maximum Gasteiger partial charge on any atom is 0.261 e. The number of para-hydroxylation sites is 1. The van der Waals surface area contributed by atoms with Crippen LogP contribution in [-0.2, 0) is 4.79 Å². The van der Waals surface area contributed by atoms with Crippen LogP contribution in [0, 0.1) is 0 Å². The number of nitrogens with zero attached hydrogens (tertiary/aromatic N) is 1. The molecule has 2 saturated heterocycles. The lowest BCUT2D eigenvalue weighted by Gasteiger charge is -2.27. The Morgan fingerprint density at radius 2 is 2.00 bits per heavy atom. The van der Waals surface area contributed by atoms with Crippen molar-refractivity contribution in [2.45, 2.75) is 31.3 Å². The normalized spacial score (nSPS) is 26.0. The molecule has 3 rings (SSSR count). The number of carbonyl (C=O) groups excluding carboxylic acids is 1. The smallest absolute Gasteiger partial charge is 0.261 e. The minimum Gasteiger partial charge on any atom is -0.484 e. The van der Waals surface area contributed by atoms with E-state index < -0.39 is 0 Å². The molecule has 1 N–H and O–H groups in total. The quantitative estimate of drug-likeness (QED) is 0.893. The van der Waals surface area contributed by atoms with Crippen LogP contribution in [0.3, 0.4) is 0 Å². The van der Waals surface area contributed by atoms with E-state index in [0.29, 0.717) is 12.1 Å². The Bertz CT molecular complexity index is 421. The molecule has 0 spiro atoms. The van der Waals surface area contributed by atoms with Crippen LogP contribution in [0.5, 0.6) is 5.75 Å². The molecule has 2 aliphatic heterocycles. The standard InChI is InChI=1S/C15H20N2O2/c18-15(11-19-14-4-2-1-3-5-14)17-12-6-7-13(17)10-16-9-8-12/h1-5,12-13,16H,6-11H2. The lowest BCUT2D eigenvalue weighted by Crippen LogP contribution is -2.44. The Morgan fingerprint density at radius 3 is 2.84 bits per heavy atom. The second kappa shape index (κ2) is 5.61. The van der Waals surface area contributed by atoms with Gasteiger partial charge in [-0.15, -0.1) is 0 Å². The summed E-state index contributed by atoms with van der Waals surface area (Å²) >= 11 is 0. The fourth-order valence-corrected chi connectivity index (χ4v) is 3.13. The van der Waals surface area contributed by atoms with Gasteiger partial charge in [0.05, 0.1) is 0 Å². The third-order valence-corrected chi connectivity index (χ3v) is 4.05. The lowest BCUT2D eigenvalue weighted by molar-refractivity contribution is -0.136. The second-order valence-corrected chi connectivity index (χ2v) is 5.28. The van der Waals surface area contributed by atoms with Crippen LogP contribution in [0.15, 0.2) is 30.3 Å². The SMILES string of the molecule is O=C(COc1ccccc1)N1C2CCNCC1CC2. The van der Waals surface area contributed by atoms with E-state index in [9.17, 15) is 4.79 Å². The van der Waals surface area contributed by atoms with Crippen LogP contribution in [0.2, 0.25) is 0 Å². The number of hydrogen-bond donors (Lipinski definition) is 1. The molecule has 1 aromatic carbocycles. The van der Waals surface area contributed by atoms with E-state index in [0.717, 1.165) is 38.1 Å². The zero-order chi connectivity index (χ0) is 13.1. The van der Waals surface area contributed by atoms with Gasteiger partial charge in [-0.05, 0) is 37.9 Å². The molecule has 4 nitrogen and oxygen atoms in total. The minimum absolute atomic E-state index is 0.125. The van der Waals surface area contributed by atoms with Crippen LogP contribution in [-0.4, -0.2) is 42.6 Å². The molecular weight excluding hydrogens is 240 g/mol. The monoisotopic (exact) mass is 260 g/mol. The van der Waals surface area contributed by atoms with Crippen LogP contribution < -0.4 is 10.1 Å². The Kier molecular flexibility index (Phi) is 3.69. The van der Waals surface area contributed by atoms with Gasteiger partial charge in [0.15, 0.2) is 6.61 Å². The number of ether oxygens (including phenoxy) is 1. The summed E-state index contributed by atoms with van der Waals surface area (Å²) in [6.07, 6.45) is 3.33. The molecule has 2 unspecified atom stereocenters. The minimum atomic E-state index is 0.125. The van der Waals surface area contributed by atoms with E-state index in [-0.39, 0.29) is 12.5 Å². The fourth-order valence-electron chi connectivity index (χ4n) is 3.13. The number of carbonyl (C=O) groups is 1. The number of rotatable bonds is 3. The third kappa shape index (κ3) is 2.73.